The Hall–Kier alpha value is -3.63. The molecule has 0 aliphatic rings. The van der Waals surface area contributed by atoms with Crippen molar-refractivity contribution in [3.8, 4) is 11.3 Å². The van der Waals surface area contributed by atoms with Crippen LogP contribution in [0.15, 0.2) is 24.3 Å². The second-order valence-corrected chi connectivity index (χ2v) is 10.6. The molecule has 2 heterocycles. The van der Waals surface area contributed by atoms with E-state index in [2.05, 4.69) is 49.6 Å². The molecule has 0 unspecified atom stereocenters. The summed E-state index contributed by atoms with van der Waals surface area (Å²) < 4.78 is 48.2. The Morgan fingerprint density at radius 3 is 2.15 bits per heavy atom. The van der Waals surface area contributed by atoms with Crippen molar-refractivity contribution >= 4 is 23.3 Å². The zero-order valence-corrected chi connectivity index (χ0v) is 23.6. The molecule has 0 aliphatic heterocycles. The van der Waals surface area contributed by atoms with Crippen LogP contribution in [0.1, 0.15) is 58.5 Å². The minimum Gasteiger partial charge on any atom is -0.469 e. The zero-order chi connectivity index (χ0) is 29.2. The number of nitrogens with zero attached hydrogens (tertiary/aromatic N) is 5. The van der Waals surface area contributed by atoms with Gasteiger partial charge in [0.15, 0.2) is 28.8 Å². The molecule has 0 saturated carbocycles. The molecule has 1 aromatic carbocycles. The summed E-state index contributed by atoms with van der Waals surface area (Å²) >= 11 is 0. The van der Waals surface area contributed by atoms with Gasteiger partial charge in [0.2, 0.25) is 0 Å². The molecule has 212 valence electrons. The van der Waals surface area contributed by atoms with Crippen LogP contribution in [0.2, 0.25) is 0 Å². The lowest BCUT2D eigenvalue weighted by atomic mass is 10.0. The quantitative estimate of drug-likeness (QED) is 0.252. The van der Waals surface area contributed by atoms with Crippen LogP contribution in [0.5, 0.6) is 0 Å². The van der Waals surface area contributed by atoms with Crippen molar-refractivity contribution in [2.75, 3.05) is 25.6 Å². The number of anilines is 1. The molecule has 2 aromatic heterocycles. The highest BCUT2D eigenvalue weighted by Gasteiger charge is 2.27. The molecule has 11 heteroatoms. The normalized spacial score (nSPS) is 13.2. The Bertz CT molecular complexity index is 1330. The van der Waals surface area contributed by atoms with Gasteiger partial charge in [-0.1, -0.05) is 27.7 Å². The fourth-order valence-electron chi connectivity index (χ4n) is 4.18. The molecule has 0 N–H and O–H groups in total. The number of ether oxygens (including phenoxy) is 1. The van der Waals surface area contributed by atoms with Crippen molar-refractivity contribution in [2.45, 2.75) is 60.0 Å². The third kappa shape index (κ3) is 6.51. The maximum Gasteiger partial charge on any atom is 0.307 e. The van der Waals surface area contributed by atoms with Crippen molar-refractivity contribution < 1.29 is 27.5 Å². The second kappa shape index (κ2) is 12.0. The molecule has 0 bridgehead atoms. The highest BCUT2D eigenvalue weighted by molar-refractivity contribution is 5.94. The molecule has 3 rings (SSSR count). The van der Waals surface area contributed by atoms with E-state index in [1.807, 2.05) is 0 Å². The number of carbonyl (C=O) groups is 2. The summed E-state index contributed by atoms with van der Waals surface area (Å²) in [7, 11) is 2.85. The van der Waals surface area contributed by atoms with Crippen LogP contribution in [-0.4, -0.2) is 64.2 Å². The first-order chi connectivity index (χ1) is 18.2. The van der Waals surface area contributed by atoms with Gasteiger partial charge in [0.1, 0.15) is 5.82 Å². The Balaban J connectivity index is 2.22. The van der Waals surface area contributed by atoms with Gasteiger partial charge in [-0.25, -0.2) is 18.2 Å². The topological polar surface area (TPSA) is 80.0 Å². The van der Waals surface area contributed by atoms with Crippen LogP contribution >= 0.6 is 0 Å². The first-order valence-corrected chi connectivity index (χ1v) is 12.9. The molecule has 0 aliphatic carbocycles. The standard InChI is InChI=1S/C28H36F3N5O3/c1-15(2)14-35(18(6)16(3)4)25-13-22(19-10-20(29)27(31)21(30)11-19)32-24-12-23(33-36(24)25)28(38)34(7)17(5)9-26(37)39-8/h10-13,15-18H,9,14H2,1-8H3/t17-,18-/m1/s1. The van der Waals surface area contributed by atoms with Gasteiger partial charge in [0, 0.05) is 43.4 Å². The number of hydrogen-bond donors (Lipinski definition) is 0. The summed E-state index contributed by atoms with van der Waals surface area (Å²) in [6, 6.07) is 4.49. The average molecular weight is 548 g/mol. The molecule has 39 heavy (non-hydrogen) atoms. The smallest absolute Gasteiger partial charge is 0.307 e. The summed E-state index contributed by atoms with van der Waals surface area (Å²) in [5.74, 6) is -4.04. The minimum atomic E-state index is -1.56. The van der Waals surface area contributed by atoms with E-state index in [0.717, 1.165) is 12.1 Å². The second-order valence-electron chi connectivity index (χ2n) is 10.6. The molecule has 0 spiro atoms. The lowest BCUT2D eigenvalue weighted by Crippen LogP contribution is -2.40. The van der Waals surface area contributed by atoms with Crippen molar-refractivity contribution in [1.29, 1.82) is 0 Å². The van der Waals surface area contributed by atoms with Gasteiger partial charge in [0.25, 0.3) is 5.91 Å². The van der Waals surface area contributed by atoms with Crippen LogP contribution in [-0.2, 0) is 9.53 Å². The maximum atomic E-state index is 14.1. The Labute approximate surface area is 226 Å². The first kappa shape index (κ1) is 29.9. The molecule has 0 radical (unpaired) electrons. The summed E-state index contributed by atoms with van der Waals surface area (Å²) in [6.07, 6.45) is 0.00945. The predicted molar refractivity (Wildman–Crippen MR) is 143 cm³/mol. The van der Waals surface area contributed by atoms with Gasteiger partial charge in [-0.05, 0) is 37.8 Å². The zero-order valence-electron chi connectivity index (χ0n) is 23.6. The van der Waals surface area contributed by atoms with Crippen molar-refractivity contribution in [1.82, 2.24) is 19.5 Å². The van der Waals surface area contributed by atoms with Crippen LogP contribution in [0, 0.1) is 29.3 Å². The molecule has 1 amide bonds. The molecule has 0 fully saturated rings. The number of carbonyl (C=O) groups excluding carboxylic acids is 2. The number of halogens is 3. The summed E-state index contributed by atoms with van der Waals surface area (Å²) in [5, 5.41) is 4.57. The number of rotatable bonds is 10. The highest BCUT2D eigenvalue weighted by Crippen LogP contribution is 2.30. The summed E-state index contributed by atoms with van der Waals surface area (Å²) in [5.41, 5.74) is 0.606. The van der Waals surface area contributed by atoms with Gasteiger partial charge in [-0.15, -0.1) is 0 Å². The molecular formula is C28H36F3N5O3. The van der Waals surface area contributed by atoms with E-state index in [-0.39, 0.29) is 46.9 Å². The van der Waals surface area contributed by atoms with Crippen LogP contribution < -0.4 is 4.90 Å². The number of aromatic nitrogens is 3. The van der Waals surface area contributed by atoms with E-state index in [0.29, 0.717) is 12.4 Å². The molecule has 0 saturated heterocycles. The number of hydrogen-bond acceptors (Lipinski definition) is 6. The largest absolute Gasteiger partial charge is 0.469 e. The molecule has 8 nitrogen and oxygen atoms in total. The first-order valence-electron chi connectivity index (χ1n) is 12.9. The third-order valence-corrected chi connectivity index (χ3v) is 6.89. The Kier molecular flexibility index (Phi) is 9.24. The fourth-order valence-corrected chi connectivity index (χ4v) is 4.18. The predicted octanol–water partition coefficient (Wildman–Crippen LogP) is 5.34. The fraction of sp³-hybridized carbons (Fsp3) is 0.500. The van der Waals surface area contributed by atoms with E-state index in [9.17, 15) is 22.8 Å². The number of benzene rings is 1. The summed E-state index contributed by atoms with van der Waals surface area (Å²) in [6.45, 7) is 12.7. The third-order valence-electron chi connectivity index (χ3n) is 6.89. The van der Waals surface area contributed by atoms with Gasteiger partial charge in [-0.2, -0.15) is 9.61 Å². The SMILES string of the molecule is COC(=O)C[C@@H](C)N(C)C(=O)c1cc2nc(-c3cc(F)c(F)c(F)c3)cc(N(CC(C)C)[C@H](C)C(C)C)n2n1. The van der Waals surface area contributed by atoms with Crippen molar-refractivity contribution in [3.63, 3.8) is 0 Å². The summed E-state index contributed by atoms with van der Waals surface area (Å²) in [4.78, 5) is 33.1. The molecule has 2 atom stereocenters. The van der Waals surface area contributed by atoms with Crippen LogP contribution in [0.3, 0.4) is 0 Å². The minimum absolute atomic E-state index is 0.00945. The monoisotopic (exact) mass is 547 g/mol. The van der Waals surface area contributed by atoms with E-state index in [1.165, 1.54) is 22.6 Å². The highest BCUT2D eigenvalue weighted by atomic mass is 19.2. The van der Waals surface area contributed by atoms with E-state index in [4.69, 9.17) is 4.74 Å². The average Bonchev–Trinajstić information content (AvgIpc) is 3.32. The van der Waals surface area contributed by atoms with Gasteiger partial charge < -0.3 is 14.5 Å². The van der Waals surface area contributed by atoms with E-state index in [1.54, 1.807) is 20.0 Å². The number of methoxy groups -OCH3 is 1. The lowest BCUT2D eigenvalue weighted by Gasteiger charge is -2.35. The van der Waals surface area contributed by atoms with Gasteiger partial charge >= 0.3 is 5.97 Å². The molecule has 3 aromatic rings. The van der Waals surface area contributed by atoms with E-state index >= 15 is 0 Å². The van der Waals surface area contributed by atoms with Gasteiger partial charge in [0.05, 0.1) is 19.2 Å². The Morgan fingerprint density at radius 1 is 1.00 bits per heavy atom. The number of esters is 1. The van der Waals surface area contributed by atoms with Crippen molar-refractivity contribution in [3.05, 3.63) is 47.4 Å². The van der Waals surface area contributed by atoms with E-state index < -0.39 is 35.4 Å². The van der Waals surface area contributed by atoms with Crippen LogP contribution in [0.25, 0.3) is 16.9 Å². The maximum absolute atomic E-state index is 14.1. The van der Waals surface area contributed by atoms with Crippen LogP contribution in [0.4, 0.5) is 19.0 Å². The lowest BCUT2D eigenvalue weighted by molar-refractivity contribution is -0.141. The number of amides is 1. The number of fused-ring (bicyclic) bond motifs is 1. The molecular weight excluding hydrogens is 511 g/mol. The van der Waals surface area contributed by atoms with Crippen molar-refractivity contribution in [2.24, 2.45) is 11.8 Å². The van der Waals surface area contributed by atoms with Gasteiger partial charge in [-0.3, -0.25) is 9.59 Å². The Morgan fingerprint density at radius 2 is 1.62 bits per heavy atom.